The summed E-state index contributed by atoms with van der Waals surface area (Å²) in [6.07, 6.45) is 3.46. The Morgan fingerprint density at radius 3 is 2.09 bits per heavy atom. The fraction of sp³-hybridized carbons (Fsp3) is 0.333. The van der Waals surface area contributed by atoms with Crippen LogP contribution in [0.1, 0.15) is 21.5 Å². The molecular formula is C21H26N2O8S2. The molecule has 33 heavy (non-hydrogen) atoms. The summed E-state index contributed by atoms with van der Waals surface area (Å²) in [7, 11) is -7.23. The molecule has 2 aromatic rings. The number of anilines is 1. The van der Waals surface area contributed by atoms with Crippen LogP contribution in [0.4, 0.5) is 11.4 Å². The van der Waals surface area contributed by atoms with E-state index in [-0.39, 0.29) is 31.9 Å². The first-order chi connectivity index (χ1) is 15.4. The minimum Gasteiger partial charge on any atom is -0.478 e. The third kappa shape index (κ3) is 9.30. The van der Waals surface area contributed by atoms with Gasteiger partial charge in [0.2, 0.25) is 0 Å². The van der Waals surface area contributed by atoms with Crippen LogP contribution >= 0.6 is 0 Å². The first-order valence-electron chi connectivity index (χ1n) is 9.76. The molecule has 0 bridgehead atoms. The number of benzene rings is 2. The third-order valence-corrected chi connectivity index (χ3v) is 5.60. The molecule has 0 aliphatic heterocycles. The van der Waals surface area contributed by atoms with E-state index in [4.69, 9.17) is 8.37 Å². The van der Waals surface area contributed by atoms with Crippen molar-refractivity contribution >= 4 is 43.8 Å². The number of aryl methyl sites for hydroxylation is 1. The maximum atomic E-state index is 11.3. The lowest BCUT2D eigenvalue weighted by Crippen LogP contribution is -2.32. The molecule has 2 aromatic carbocycles. The second kappa shape index (κ2) is 11.4. The molecule has 0 aromatic heterocycles. The second-order valence-electron chi connectivity index (χ2n) is 7.16. The molecule has 0 saturated heterocycles. The average molecular weight is 499 g/mol. The van der Waals surface area contributed by atoms with Gasteiger partial charge in [-0.05, 0) is 42.3 Å². The molecule has 12 heteroatoms. The highest BCUT2D eigenvalue weighted by atomic mass is 32.2. The van der Waals surface area contributed by atoms with Gasteiger partial charge in [0, 0.05) is 25.0 Å². The SMILES string of the molecule is Cc1cc(N(CCOS(C)(=O)=O)CCOS(C)(=O)=O)ccc1C=Nc1ccccc1C(=O)O. The predicted octanol–water partition coefficient (Wildman–Crippen LogP) is 2.20. The molecule has 10 nitrogen and oxygen atoms in total. The van der Waals surface area contributed by atoms with E-state index < -0.39 is 26.2 Å². The molecule has 0 aliphatic rings. The van der Waals surface area contributed by atoms with Crippen LogP contribution in [0.2, 0.25) is 0 Å². The Balaban J connectivity index is 2.22. The summed E-state index contributed by atoms with van der Waals surface area (Å²) >= 11 is 0. The van der Waals surface area contributed by atoms with E-state index in [1.807, 2.05) is 13.0 Å². The van der Waals surface area contributed by atoms with E-state index in [1.165, 1.54) is 6.07 Å². The molecule has 0 fully saturated rings. The fourth-order valence-corrected chi connectivity index (χ4v) is 3.63. The Bertz CT molecular complexity index is 1190. The minimum atomic E-state index is -3.62. The monoisotopic (exact) mass is 498 g/mol. The van der Waals surface area contributed by atoms with Gasteiger partial charge in [0.15, 0.2) is 0 Å². The maximum Gasteiger partial charge on any atom is 0.337 e. The highest BCUT2D eigenvalue weighted by molar-refractivity contribution is 7.86. The van der Waals surface area contributed by atoms with Gasteiger partial charge >= 0.3 is 5.97 Å². The smallest absolute Gasteiger partial charge is 0.337 e. The van der Waals surface area contributed by atoms with Crippen LogP contribution in [0.15, 0.2) is 47.5 Å². The molecule has 0 atom stereocenters. The summed E-state index contributed by atoms with van der Waals surface area (Å²) in [5.41, 5.74) is 2.68. The van der Waals surface area contributed by atoms with E-state index in [9.17, 15) is 26.7 Å². The highest BCUT2D eigenvalue weighted by Gasteiger charge is 2.12. The van der Waals surface area contributed by atoms with Crippen LogP contribution < -0.4 is 4.90 Å². The van der Waals surface area contributed by atoms with Gasteiger partial charge in [0.25, 0.3) is 20.2 Å². The summed E-state index contributed by atoms with van der Waals surface area (Å²) < 4.78 is 54.6. The quantitative estimate of drug-likeness (QED) is 0.344. The van der Waals surface area contributed by atoms with Crippen molar-refractivity contribution in [3.63, 3.8) is 0 Å². The molecule has 0 heterocycles. The molecule has 2 rings (SSSR count). The normalized spacial score (nSPS) is 12.2. The van der Waals surface area contributed by atoms with Crippen molar-refractivity contribution < 1.29 is 35.1 Å². The topological polar surface area (TPSA) is 140 Å². The van der Waals surface area contributed by atoms with Gasteiger partial charge in [-0.3, -0.25) is 13.4 Å². The van der Waals surface area contributed by atoms with Gasteiger partial charge in [0.1, 0.15) is 0 Å². The van der Waals surface area contributed by atoms with Crippen LogP contribution in [-0.2, 0) is 28.6 Å². The molecule has 0 saturated carbocycles. The molecule has 180 valence electrons. The summed E-state index contributed by atoms with van der Waals surface area (Å²) in [4.78, 5) is 17.4. The Morgan fingerprint density at radius 2 is 1.58 bits per heavy atom. The van der Waals surface area contributed by atoms with Gasteiger partial charge in [0.05, 0.1) is 37.0 Å². The fourth-order valence-electron chi connectivity index (χ4n) is 2.88. The molecular weight excluding hydrogens is 472 g/mol. The van der Waals surface area contributed by atoms with E-state index in [0.29, 0.717) is 11.4 Å². The van der Waals surface area contributed by atoms with Crippen molar-refractivity contribution in [1.82, 2.24) is 0 Å². The van der Waals surface area contributed by atoms with Crippen LogP contribution in [0.25, 0.3) is 0 Å². The Kier molecular flexibility index (Phi) is 9.11. The number of carboxylic acid groups (broad SMARTS) is 1. The first-order valence-corrected chi connectivity index (χ1v) is 13.4. The summed E-state index contributed by atoms with van der Waals surface area (Å²) in [5.74, 6) is -1.07. The van der Waals surface area contributed by atoms with Crippen LogP contribution in [0, 0.1) is 6.92 Å². The third-order valence-electron chi connectivity index (χ3n) is 4.41. The highest BCUT2D eigenvalue weighted by Crippen LogP contribution is 2.21. The zero-order valence-electron chi connectivity index (χ0n) is 18.5. The van der Waals surface area contributed by atoms with Gasteiger partial charge < -0.3 is 10.0 Å². The number of para-hydroxylation sites is 1. The number of hydrogen-bond acceptors (Lipinski definition) is 9. The van der Waals surface area contributed by atoms with Crippen LogP contribution in [0.3, 0.4) is 0 Å². The number of rotatable bonds is 12. The molecule has 0 aliphatic carbocycles. The van der Waals surface area contributed by atoms with Crippen LogP contribution in [0.5, 0.6) is 0 Å². The standard InChI is InChI=1S/C21H26N2O8S2/c1-16-14-18(23(10-12-30-32(2,26)27)11-13-31-33(3,28)29)9-8-17(16)15-22-20-7-5-4-6-19(20)21(24)25/h4-9,14-15H,10-13H2,1-3H3,(H,24,25). The van der Waals surface area contributed by atoms with Crippen molar-refractivity contribution in [3.05, 3.63) is 59.2 Å². The summed E-state index contributed by atoms with van der Waals surface area (Å²) in [5, 5.41) is 9.28. The molecule has 1 N–H and O–H groups in total. The molecule has 0 radical (unpaired) electrons. The van der Waals surface area contributed by atoms with Gasteiger partial charge in [-0.15, -0.1) is 0 Å². The predicted molar refractivity (Wildman–Crippen MR) is 126 cm³/mol. The number of hydrogen-bond donors (Lipinski definition) is 1. The Labute approximate surface area is 193 Å². The van der Waals surface area contributed by atoms with Crippen molar-refractivity contribution in [2.75, 3.05) is 43.7 Å². The lowest BCUT2D eigenvalue weighted by molar-refractivity contribution is 0.0697. The second-order valence-corrected chi connectivity index (χ2v) is 10.4. The molecule has 0 amide bonds. The van der Waals surface area contributed by atoms with E-state index in [1.54, 1.807) is 41.4 Å². The zero-order chi connectivity index (χ0) is 24.6. The van der Waals surface area contributed by atoms with Gasteiger partial charge in [-0.25, -0.2) is 4.79 Å². The first kappa shape index (κ1) is 26.5. The lowest BCUT2D eigenvalue weighted by atomic mass is 10.1. The molecule has 0 spiro atoms. The number of nitrogens with zero attached hydrogens (tertiary/aromatic N) is 2. The minimum absolute atomic E-state index is 0.0888. The Hall–Kier alpha value is -2.80. The average Bonchev–Trinajstić information content (AvgIpc) is 2.70. The zero-order valence-corrected chi connectivity index (χ0v) is 20.1. The van der Waals surface area contributed by atoms with E-state index in [2.05, 4.69) is 4.99 Å². The largest absolute Gasteiger partial charge is 0.478 e. The maximum absolute atomic E-state index is 11.3. The number of aliphatic imine (C=N–C) groups is 1. The summed E-state index contributed by atoms with van der Waals surface area (Å²) in [6.45, 7) is 1.96. The van der Waals surface area contributed by atoms with Crippen molar-refractivity contribution in [1.29, 1.82) is 0 Å². The van der Waals surface area contributed by atoms with Crippen molar-refractivity contribution in [2.24, 2.45) is 4.99 Å². The van der Waals surface area contributed by atoms with Crippen molar-refractivity contribution in [3.8, 4) is 0 Å². The Morgan fingerprint density at radius 1 is 1.00 bits per heavy atom. The van der Waals surface area contributed by atoms with Gasteiger partial charge in [-0.1, -0.05) is 18.2 Å². The van der Waals surface area contributed by atoms with Crippen LogP contribution in [-0.4, -0.2) is 72.9 Å². The van der Waals surface area contributed by atoms with Gasteiger partial charge in [-0.2, -0.15) is 16.8 Å². The lowest BCUT2D eigenvalue weighted by Gasteiger charge is -2.25. The van der Waals surface area contributed by atoms with Crippen molar-refractivity contribution in [2.45, 2.75) is 6.92 Å². The number of carboxylic acids is 1. The number of aromatic carboxylic acids is 1. The number of carbonyl (C=O) groups is 1. The molecule has 0 unspecified atom stereocenters. The summed E-state index contributed by atoms with van der Waals surface area (Å²) in [6, 6.07) is 11.8. The van der Waals surface area contributed by atoms with E-state index >= 15 is 0 Å². The van der Waals surface area contributed by atoms with E-state index in [0.717, 1.165) is 23.6 Å².